The molecule has 28 heavy (non-hydrogen) atoms. The van der Waals surface area contributed by atoms with E-state index in [4.69, 9.17) is 4.98 Å². The first-order valence-electron chi connectivity index (χ1n) is 10.1. The van der Waals surface area contributed by atoms with Crippen LogP contribution in [0.2, 0.25) is 0 Å². The van der Waals surface area contributed by atoms with Crippen LogP contribution in [0.3, 0.4) is 0 Å². The minimum absolute atomic E-state index is 1.01. The quantitative estimate of drug-likeness (QED) is 0.502. The number of rotatable bonds is 4. The maximum absolute atomic E-state index is 4.72. The van der Waals surface area contributed by atoms with Crippen molar-refractivity contribution in [2.24, 2.45) is 0 Å². The summed E-state index contributed by atoms with van der Waals surface area (Å²) in [5.41, 5.74) is 6.66. The third kappa shape index (κ3) is 4.17. The Bertz CT molecular complexity index is 909. The van der Waals surface area contributed by atoms with Gasteiger partial charge in [0.25, 0.3) is 0 Å². The second-order valence-electron chi connectivity index (χ2n) is 6.73. The van der Waals surface area contributed by atoms with Crippen LogP contribution in [0, 0.1) is 6.92 Å². The van der Waals surface area contributed by atoms with E-state index in [1.54, 1.807) is 11.3 Å². The average Bonchev–Trinajstić information content (AvgIpc) is 3.30. The SMILES string of the molecule is C=C(c1cccnc1N1CCCCC1)c1c(-c2ccsc2)ccnc1C.CC. The second-order valence-corrected chi connectivity index (χ2v) is 7.51. The molecule has 4 rings (SSSR count). The summed E-state index contributed by atoms with van der Waals surface area (Å²) in [6.45, 7) is 12.7. The van der Waals surface area contributed by atoms with Crippen molar-refractivity contribution in [2.75, 3.05) is 18.0 Å². The molecule has 1 aliphatic heterocycles. The summed E-state index contributed by atoms with van der Waals surface area (Å²) in [6.07, 6.45) is 7.54. The zero-order chi connectivity index (χ0) is 19.9. The average molecular weight is 392 g/mol. The first-order chi connectivity index (χ1) is 13.8. The Morgan fingerprint density at radius 1 is 1.04 bits per heavy atom. The van der Waals surface area contributed by atoms with Crippen molar-refractivity contribution in [3.05, 3.63) is 70.8 Å². The van der Waals surface area contributed by atoms with Crippen LogP contribution >= 0.6 is 11.3 Å². The summed E-state index contributed by atoms with van der Waals surface area (Å²) in [5.74, 6) is 1.05. The number of hydrogen-bond acceptors (Lipinski definition) is 4. The number of nitrogens with zero attached hydrogens (tertiary/aromatic N) is 3. The van der Waals surface area contributed by atoms with E-state index in [1.165, 1.54) is 30.4 Å². The predicted octanol–water partition coefficient (Wildman–Crippen LogP) is 6.59. The van der Waals surface area contributed by atoms with Gasteiger partial charge in [-0.1, -0.05) is 20.4 Å². The van der Waals surface area contributed by atoms with Crippen LogP contribution in [0.4, 0.5) is 5.82 Å². The zero-order valence-electron chi connectivity index (χ0n) is 17.1. The molecule has 0 aromatic carbocycles. The third-order valence-corrected chi connectivity index (χ3v) is 5.73. The fraction of sp³-hybridized carbons (Fsp3) is 0.333. The Labute approximate surface area is 172 Å². The van der Waals surface area contributed by atoms with Crippen molar-refractivity contribution < 1.29 is 0 Å². The van der Waals surface area contributed by atoms with Crippen LogP contribution < -0.4 is 4.90 Å². The standard InChI is InChI=1S/C22H23N3S.C2H6/c1-16(19-7-6-10-24-22(19)25-12-4-3-5-13-25)21-17(2)23-11-8-20(21)18-9-14-26-15-18;1-2/h6-11,14-15H,1,3-5,12-13H2,2H3;1-2H3. The Kier molecular flexibility index (Phi) is 6.99. The summed E-state index contributed by atoms with van der Waals surface area (Å²) < 4.78 is 0. The van der Waals surface area contributed by atoms with E-state index in [2.05, 4.69) is 52.3 Å². The van der Waals surface area contributed by atoms with Gasteiger partial charge in [0.15, 0.2) is 0 Å². The van der Waals surface area contributed by atoms with Crippen LogP contribution in [0.25, 0.3) is 16.7 Å². The van der Waals surface area contributed by atoms with Gasteiger partial charge in [0.05, 0.1) is 0 Å². The molecule has 0 radical (unpaired) electrons. The molecule has 3 aromatic heterocycles. The lowest BCUT2D eigenvalue weighted by Gasteiger charge is -2.30. The molecule has 4 heteroatoms. The van der Waals surface area contributed by atoms with Crippen molar-refractivity contribution >= 4 is 22.7 Å². The Hall–Kier alpha value is -2.46. The van der Waals surface area contributed by atoms with Gasteiger partial charge < -0.3 is 4.90 Å². The molecule has 3 nitrogen and oxygen atoms in total. The van der Waals surface area contributed by atoms with Crippen molar-refractivity contribution in [3.8, 4) is 11.1 Å². The molecule has 3 aromatic rings. The molecule has 0 atom stereocenters. The van der Waals surface area contributed by atoms with Gasteiger partial charge in [-0.3, -0.25) is 4.98 Å². The highest BCUT2D eigenvalue weighted by Gasteiger charge is 2.20. The zero-order valence-corrected chi connectivity index (χ0v) is 17.9. The molecule has 0 aliphatic carbocycles. The molecule has 0 unspecified atom stereocenters. The van der Waals surface area contributed by atoms with Crippen molar-refractivity contribution in [3.63, 3.8) is 0 Å². The number of pyridine rings is 2. The lowest BCUT2D eigenvalue weighted by molar-refractivity contribution is 0.573. The number of hydrogen-bond donors (Lipinski definition) is 0. The molecular formula is C24H29N3S. The fourth-order valence-corrected chi connectivity index (χ4v) is 4.39. The maximum atomic E-state index is 4.72. The van der Waals surface area contributed by atoms with E-state index in [0.717, 1.165) is 41.3 Å². The minimum Gasteiger partial charge on any atom is -0.356 e. The fourth-order valence-electron chi connectivity index (χ4n) is 3.73. The second kappa shape index (κ2) is 9.65. The van der Waals surface area contributed by atoms with Crippen LogP contribution in [0.1, 0.15) is 49.9 Å². The number of piperidine rings is 1. The summed E-state index contributed by atoms with van der Waals surface area (Å²) in [5, 5.41) is 4.29. The van der Waals surface area contributed by atoms with Crippen molar-refractivity contribution in [1.29, 1.82) is 0 Å². The number of aromatic nitrogens is 2. The van der Waals surface area contributed by atoms with E-state index >= 15 is 0 Å². The predicted molar refractivity (Wildman–Crippen MR) is 122 cm³/mol. The van der Waals surface area contributed by atoms with Gasteiger partial charge in [0.1, 0.15) is 5.82 Å². The van der Waals surface area contributed by atoms with Gasteiger partial charge in [0.2, 0.25) is 0 Å². The van der Waals surface area contributed by atoms with Crippen LogP contribution in [-0.2, 0) is 0 Å². The molecule has 0 N–H and O–H groups in total. The van der Waals surface area contributed by atoms with Gasteiger partial charge in [-0.15, -0.1) is 0 Å². The molecule has 0 bridgehead atoms. The highest BCUT2D eigenvalue weighted by molar-refractivity contribution is 7.08. The molecule has 0 saturated carbocycles. The topological polar surface area (TPSA) is 29.0 Å². The monoisotopic (exact) mass is 391 g/mol. The van der Waals surface area contributed by atoms with E-state index in [1.807, 2.05) is 32.3 Å². The maximum Gasteiger partial charge on any atom is 0.136 e. The minimum atomic E-state index is 1.01. The van der Waals surface area contributed by atoms with Gasteiger partial charge >= 0.3 is 0 Å². The summed E-state index contributed by atoms with van der Waals surface area (Å²) in [7, 11) is 0. The normalized spacial score (nSPS) is 13.6. The first-order valence-corrected chi connectivity index (χ1v) is 11.1. The third-order valence-electron chi connectivity index (χ3n) is 5.04. The molecule has 1 saturated heterocycles. The van der Waals surface area contributed by atoms with Gasteiger partial charge in [-0.2, -0.15) is 11.3 Å². The van der Waals surface area contributed by atoms with Crippen molar-refractivity contribution in [1.82, 2.24) is 9.97 Å². The molecule has 146 valence electrons. The highest BCUT2D eigenvalue weighted by atomic mass is 32.1. The molecule has 4 heterocycles. The number of anilines is 1. The lowest BCUT2D eigenvalue weighted by Crippen LogP contribution is -2.31. The highest BCUT2D eigenvalue weighted by Crippen LogP contribution is 2.37. The molecule has 1 fully saturated rings. The summed E-state index contributed by atoms with van der Waals surface area (Å²) in [4.78, 5) is 11.7. The van der Waals surface area contributed by atoms with Gasteiger partial charge in [-0.05, 0) is 77.9 Å². The Morgan fingerprint density at radius 2 is 1.82 bits per heavy atom. The molecule has 1 aliphatic rings. The van der Waals surface area contributed by atoms with Gasteiger partial charge in [-0.25, -0.2) is 4.98 Å². The van der Waals surface area contributed by atoms with E-state index < -0.39 is 0 Å². The lowest BCUT2D eigenvalue weighted by atomic mass is 9.91. The van der Waals surface area contributed by atoms with Crippen LogP contribution in [0.15, 0.2) is 54.0 Å². The van der Waals surface area contributed by atoms with E-state index in [-0.39, 0.29) is 0 Å². The number of thiophene rings is 1. The van der Waals surface area contributed by atoms with E-state index in [9.17, 15) is 0 Å². The molecule has 0 amide bonds. The van der Waals surface area contributed by atoms with Gasteiger partial charge in [0, 0.05) is 42.3 Å². The Balaban J connectivity index is 0.00000109. The van der Waals surface area contributed by atoms with Crippen LogP contribution in [-0.4, -0.2) is 23.1 Å². The van der Waals surface area contributed by atoms with Crippen molar-refractivity contribution in [2.45, 2.75) is 40.0 Å². The Morgan fingerprint density at radius 3 is 2.54 bits per heavy atom. The molecular weight excluding hydrogens is 362 g/mol. The summed E-state index contributed by atoms with van der Waals surface area (Å²) in [6, 6.07) is 8.39. The molecule has 0 spiro atoms. The largest absolute Gasteiger partial charge is 0.356 e. The smallest absolute Gasteiger partial charge is 0.136 e. The number of aryl methyl sites for hydroxylation is 1. The van der Waals surface area contributed by atoms with Crippen LogP contribution in [0.5, 0.6) is 0 Å². The van der Waals surface area contributed by atoms with E-state index in [0.29, 0.717) is 0 Å². The summed E-state index contributed by atoms with van der Waals surface area (Å²) >= 11 is 1.71. The first kappa shape index (κ1) is 20.3.